The second-order valence-electron chi connectivity index (χ2n) is 7.72. The molecule has 3 aromatic carbocycles. The first-order chi connectivity index (χ1) is 15.3. The van der Waals surface area contributed by atoms with Gasteiger partial charge in [-0.2, -0.15) is 0 Å². The van der Waals surface area contributed by atoms with E-state index in [1.807, 2.05) is 62.4 Å². The van der Waals surface area contributed by atoms with Crippen LogP contribution in [0.4, 0.5) is 5.69 Å². The van der Waals surface area contributed by atoms with Gasteiger partial charge < -0.3 is 9.84 Å². The Kier molecular flexibility index (Phi) is 5.89. The van der Waals surface area contributed by atoms with Crippen molar-refractivity contribution in [3.8, 4) is 5.75 Å². The zero-order valence-corrected chi connectivity index (χ0v) is 19.5. The van der Waals surface area contributed by atoms with Crippen molar-refractivity contribution in [2.45, 2.75) is 19.9 Å². The highest BCUT2D eigenvalue weighted by molar-refractivity contribution is 9.10. The van der Waals surface area contributed by atoms with Gasteiger partial charge in [-0.1, -0.05) is 48.0 Å². The number of rotatable bonds is 4. The second-order valence-corrected chi connectivity index (χ2v) is 8.57. The Balaban J connectivity index is 1.95. The van der Waals surface area contributed by atoms with Crippen molar-refractivity contribution in [1.82, 2.24) is 0 Å². The number of aryl methyl sites for hydroxylation is 2. The van der Waals surface area contributed by atoms with Crippen LogP contribution in [0, 0.1) is 13.8 Å². The molecular formula is C26H22BrNO4. The first-order valence-corrected chi connectivity index (χ1v) is 10.9. The van der Waals surface area contributed by atoms with Gasteiger partial charge in [0.2, 0.25) is 0 Å². The number of methoxy groups -OCH3 is 1. The van der Waals surface area contributed by atoms with E-state index in [9.17, 15) is 14.7 Å². The number of nitrogens with zero attached hydrogens (tertiary/aromatic N) is 1. The summed E-state index contributed by atoms with van der Waals surface area (Å²) in [6.07, 6.45) is 0. The normalized spacial score (nSPS) is 17.6. The van der Waals surface area contributed by atoms with Crippen LogP contribution in [0.1, 0.15) is 28.3 Å². The van der Waals surface area contributed by atoms with Crippen molar-refractivity contribution in [2.75, 3.05) is 12.0 Å². The van der Waals surface area contributed by atoms with Crippen LogP contribution in [0.3, 0.4) is 0 Å². The molecule has 1 unspecified atom stereocenters. The Labute approximate surface area is 195 Å². The largest absolute Gasteiger partial charge is 0.507 e. The van der Waals surface area contributed by atoms with Crippen LogP contribution in [0.15, 0.2) is 76.8 Å². The quantitative estimate of drug-likeness (QED) is 0.288. The molecule has 0 saturated carbocycles. The summed E-state index contributed by atoms with van der Waals surface area (Å²) >= 11 is 3.42. The van der Waals surface area contributed by atoms with Gasteiger partial charge in [0.25, 0.3) is 11.7 Å². The molecule has 5 nitrogen and oxygen atoms in total. The molecule has 1 atom stereocenters. The molecule has 1 heterocycles. The number of amides is 1. The van der Waals surface area contributed by atoms with Gasteiger partial charge >= 0.3 is 0 Å². The number of anilines is 1. The summed E-state index contributed by atoms with van der Waals surface area (Å²) in [6, 6.07) is 19.3. The van der Waals surface area contributed by atoms with Gasteiger partial charge in [-0.15, -0.1) is 0 Å². The lowest BCUT2D eigenvalue weighted by Crippen LogP contribution is -2.30. The molecule has 6 heteroatoms. The number of ether oxygens (including phenoxy) is 1. The Morgan fingerprint density at radius 3 is 2.34 bits per heavy atom. The fraction of sp³-hybridized carbons (Fsp3) is 0.154. The number of carbonyl (C=O) groups is 2. The number of hydrogen-bond donors (Lipinski definition) is 1. The zero-order valence-electron chi connectivity index (χ0n) is 17.9. The second kappa shape index (κ2) is 8.63. The number of hydrogen-bond acceptors (Lipinski definition) is 4. The molecule has 32 heavy (non-hydrogen) atoms. The highest BCUT2D eigenvalue weighted by Crippen LogP contribution is 2.43. The number of aliphatic hydroxyl groups is 1. The van der Waals surface area contributed by atoms with Gasteiger partial charge in [0.1, 0.15) is 11.5 Å². The van der Waals surface area contributed by atoms with E-state index in [0.29, 0.717) is 21.5 Å². The molecule has 0 aromatic heterocycles. The number of Topliss-reactive ketones (excluding diaryl/α,β-unsaturated/α-hetero) is 1. The molecule has 0 bridgehead atoms. The lowest BCUT2D eigenvalue weighted by Gasteiger charge is -2.27. The molecule has 1 N–H and O–H groups in total. The van der Waals surface area contributed by atoms with Gasteiger partial charge in [-0.05, 0) is 65.2 Å². The maximum absolute atomic E-state index is 13.2. The third-order valence-electron chi connectivity index (χ3n) is 5.60. The van der Waals surface area contributed by atoms with Crippen molar-refractivity contribution in [3.63, 3.8) is 0 Å². The van der Waals surface area contributed by atoms with Gasteiger partial charge in [0.05, 0.1) is 23.2 Å². The smallest absolute Gasteiger partial charge is 0.300 e. The molecule has 1 fully saturated rings. The minimum atomic E-state index is -0.751. The van der Waals surface area contributed by atoms with E-state index in [2.05, 4.69) is 15.9 Å². The van der Waals surface area contributed by atoms with Crippen LogP contribution in [0.5, 0.6) is 5.75 Å². The maximum Gasteiger partial charge on any atom is 0.300 e. The highest BCUT2D eigenvalue weighted by Gasteiger charge is 2.47. The predicted molar refractivity (Wildman–Crippen MR) is 128 cm³/mol. The zero-order chi connectivity index (χ0) is 23.0. The van der Waals surface area contributed by atoms with E-state index in [1.54, 1.807) is 25.3 Å². The van der Waals surface area contributed by atoms with Gasteiger partial charge in [0.15, 0.2) is 0 Å². The summed E-state index contributed by atoms with van der Waals surface area (Å²) in [6.45, 7) is 3.88. The van der Waals surface area contributed by atoms with E-state index in [0.717, 1.165) is 16.7 Å². The van der Waals surface area contributed by atoms with Crippen molar-refractivity contribution in [2.24, 2.45) is 0 Å². The van der Waals surface area contributed by atoms with E-state index in [1.165, 1.54) is 4.90 Å². The van der Waals surface area contributed by atoms with Crippen LogP contribution < -0.4 is 9.64 Å². The van der Waals surface area contributed by atoms with E-state index in [-0.39, 0.29) is 11.3 Å². The summed E-state index contributed by atoms with van der Waals surface area (Å²) in [5, 5.41) is 11.2. The Hall–Kier alpha value is -3.38. The Bertz CT molecular complexity index is 1250. The van der Waals surface area contributed by atoms with E-state index in [4.69, 9.17) is 4.74 Å². The maximum atomic E-state index is 13.2. The first kappa shape index (κ1) is 21.8. The molecule has 0 radical (unpaired) electrons. The number of ketones is 1. The molecule has 4 rings (SSSR count). The monoisotopic (exact) mass is 491 g/mol. The molecule has 1 amide bonds. The third kappa shape index (κ3) is 3.71. The van der Waals surface area contributed by atoms with Crippen LogP contribution in [0.2, 0.25) is 0 Å². The standard InChI is InChI=1S/C26H22BrNO4/c1-15-9-11-20(16(2)13-15)28-23(17-7-5-4-6-8-17)22(25(30)26(28)31)24(29)18-10-12-21(32-3)19(27)14-18/h4-14,23,29H,1-3H3/b24-22+. The van der Waals surface area contributed by atoms with E-state index >= 15 is 0 Å². The molecule has 1 saturated heterocycles. The van der Waals surface area contributed by atoms with Crippen molar-refractivity contribution in [1.29, 1.82) is 0 Å². The summed E-state index contributed by atoms with van der Waals surface area (Å²) < 4.78 is 5.89. The number of benzene rings is 3. The van der Waals surface area contributed by atoms with Crippen LogP contribution in [-0.4, -0.2) is 23.9 Å². The molecular weight excluding hydrogens is 470 g/mol. The fourth-order valence-corrected chi connectivity index (χ4v) is 4.62. The molecule has 1 aliphatic heterocycles. The molecule has 3 aromatic rings. The highest BCUT2D eigenvalue weighted by atomic mass is 79.9. The molecule has 162 valence electrons. The topological polar surface area (TPSA) is 66.8 Å². The van der Waals surface area contributed by atoms with Crippen LogP contribution >= 0.6 is 15.9 Å². The fourth-order valence-electron chi connectivity index (χ4n) is 4.08. The SMILES string of the molecule is COc1ccc(/C(O)=C2\C(=O)C(=O)N(c3ccc(C)cc3C)C2c2ccccc2)cc1Br. The van der Waals surface area contributed by atoms with Gasteiger partial charge in [-0.3, -0.25) is 14.5 Å². The third-order valence-corrected chi connectivity index (χ3v) is 6.22. The van der Waals surface area contributed by atoms with E-state index < -0.39 is 17.7 Å². The lowest BCUT2D eigenvalue weighted by molar-refractivity contribution is -0.132. The number of halogens is 1. The summed E-state index contributed by atoms with van der Waals surface area (Å²) in [4.78, 5) is 28.0. The summed E-state index contributed by atoms with van der Waals surface area (Å²) in [5.74, 6) is -1.02. The summed E-state index contributed by atoms with van der Waals surface area (Å²) in [7, 11) is 1.55. The van der Waals surface area contributed by atoms with Crippen molar-refractivity contribution < 1.29 is 19.4 Å². The average Bonchev–Trinajstić information content (AvgIpc) is 3.04. The first-order valence-electron chi connectivity index (χ1n) is 10.1. The van der Waals surface area contributed by atoms with Crippen LogP contribution in [-0.2, 0) is 9.59 Å². The molecule has 1 aliphatic rings. The lowest BCUT2D eigenvalue weighted by atomic mass is 9.95. The predicted octanol–water partition coefficient (Wildman–Crippen LogP) is 5.70. The Morgan fingerprint density at radius 2 is 1.72 bits per heavy atom. The van der Waals surface area contributed by atoms with Crippen molar-refractivity contribution in [3.05, 3.63) is 99.0 Å². The van der Waals surface area contributed by atoms with Gasteiger partial charge in [0, 0.05) is 11.3 Å². The number of aliphatic hydroxyl groups excluding tert-OH is 1. The minimum absolute atomic E-state index is 0.0539. The number of carbonyl (C=O) groups excluding carboxylic acids is 2. The average molecular weight is 492 g/mol. The Morgan fingerprint density at radius 1 is 1.00 bits per heavy atom. The van der Waals surface area contributed by atoms with Gasteiger partial charge in [-0.25, -0.2) is 0 Å². The minimum Gasteiger partial charge on any atom is -0.507 e. The van der Waals surface area contributed by atoms with Crippen molar-refractivity contribution >= 4 is 39.1 Å². The molecule has 0 spiro atoms. The van der Waals surface area contributed by atoms with Crippen LogP contribution in [0.25, 0.3) is 5.76 Å². The molecule has 0 aliphatic carbocycles. The summed E-state index contributed by atoms with van der Waals surface area (Å²) in [5.41, 5.74) is 3.78.